The van der Waals surface area contributed by atoms with Crippen LogP contribution in [0.25, 0.3) is 0 Å². The van der Waals surface area contributed by atoms with E-state index >= 15 is 0 Å². The minimum atomic E-state index is -0.716. The number of piperidine rings is 1. The van der Waals surface area contributed by atoms with E-state index < -0.39 is 12.1 Å². The van der Waals surface area contributed by atoms with Gasteiger partial charge in [-0.1, -0.05) is 13.3 Å². The lowest BCUT2D eigenvalue weighted by Crippen LogP contribution is -2.41. The van der Waals surface area contributed by atoms with Gasteiger partial charge in [-0.3, -0.25) is 4.79 Å². The Labute approximate surface area is 121 Å². The van der Waals surface area contributed by atoms with Gasteiger partial charge < -0.3 is 19.8 Å². The van der Waals surface area contributed by atoms with Gasteiger partial charge in [0.05, 0.1) is 12.7 Å². The van der Waals surface area contributed by atoms with Crippen LogP contribution in [0.3, 0.4) is 0 Å². The molecule has 20 heavy (non-hydrogen) atoms. The van der Waals surface area contributed by atoms with Crippen molar-refractivity contribution in [3.63, 3.8) is 0 Å². The molecule has 0 saturated carbocycles. The normalized spacial score (nSPS) is 21.8. The number of rotatable bonds is 10. The van der Waals surface area contributed by atoms with Crippen LogP contribution in [-0.2, 0) is 9.53 Å². The first-order chi connectivity index (χ1) is 9.61. The summed E-state index contributed by atoms with van der Waals surface area (Å²) in [5.41, 5.74) is 0. The fourth-order valence-electron chi connectivity index (χ4n) is 2.70. The first-order valence-corrected chi connectivity index (χ1v) is 7.81. The number of nitrogens with zero attached hydrogens (tertiary/aromatic N) is 1. The molecule has 1 aliphatic rings. The molecule has 0 amide bonds. The Kier molecular flexibility index (Phi) is 8.82. The van der Waals surface area contributed by atoms with Gasteiger partial charge in [-0.05, 0) is 38.1 Å². The molecule has 2 atom stereocenters. The van der Waals surface area contributed by atoms with Crippen LogP contribution in [0.5, 0.6) is 0 Å². The van der Waals surface area contributed by atoms with E-state index in [9.17, 15) is 9.90 Å². The van der Waals surface area contributed by atoms with E-state index in [1.807, 2.05) is 0 Å². The topological polar surface area (TPSA) is 70.0 Å². The highest BCUT2D eigenvalue weighted by molar-refractivity contribution is 5.66. The molecule has 5 heteroatoms. The van der Waals surface area contributed by atoms with E-state index in [-0.39, 0.29) is 6.42 Å². The molecule has 1 saturated heterocycles. The summed E-state index contributed by atoms with van der Waals surface area (Å²) in [6, 6.07) is 0. The number of carbonyl (C=O) groups is 1. The number of unbranched alkanes of at least 4 members (excludes halogenated alkanes) is 1. The van der Waals surface area contributed by atoms with Crippen LogP contribution in [0.2, 0.25) is 0 Å². The third kappa shape index (κ3) is 7.82. The second-order valence-corrected chi connectivity index (χ2v) is 5.78. The van der Waals surface area contributed by atoms with Gasteiger partial charge in [0.2, 0.25) is 0 Å². The Morgan fingerprint density at radius 2 is 2.30 bits per heavy atom. The smallest absolute Gasteiger partial charge is 0.303 e. The molecule has 1 rings (SSSR count). The van der Waals surface area contributed by atoms with Gasteiger partial charge in [0.25, 0.3) is 0 Å². The summed E-state index contributed by atoms with van der Waals surface area (Å²) in [6.07, 6.45) is 4.89. The molecule has 0 aliphatic carbocycles. The van der Waals surface area contributed by atoms with Gasteiger partial charge in [-0.2, -0.15) is 0 Å². The zero-order valence-electron chi connectivity index (χ0n) is 12.6. The number of likely N-dealkylation sites (tertiary alicyclic amines) is 1. The molecule has 1 heterocycles. The Morgan fingerprint density at radius 1 is 1.50 bits per heavy atom. The zero-order chi connectivity index (χ0) is 14.8. The lowest BCUT2D eigenvalue weighted by molar-refractivity contribution is -0.137. The molecule has 118 valence electrons. The van der Waals surface area contributed by atoms with Gasteiger partial charge in [0.1, 0.15) is 0 Å². The van der Waals surface area contributed by atoms with Crippen molar-refractivity contribution in [2.75, 3.05) is 32.8 Å². The van der Waals surface area contributed by atoms with Gasteiger partial charge in [-0.25, -0.2) is 0 Å². The second-order valence-electron chi connectivity index (χ2n) is 5.78. The number of carboxylic acid groups (broad SMARTS) is 1. The number of ether oxygens (including phenoxy) is 1. The fourth-order valence-corrected chi connectivity index (χ4v) is 2.70. The van der Waals surface area contributed by atoms with E-state index in [4.69, 9.17) is 9.84 Å². The Balaban J connectivity index is 2.16. The van der Waals surface area contributed by atoms with E-state index in [1.54, 1.807) is 0 Å². The van der Waals surface area contributed by atoms with Crippen molar-refractivity contribution in [3.8, 4) is 0 Å². The first-order valence-electron chi connectivity index (χ1n) is 7.81. The second kappa shape index (κ2) is 10.1. The Morgan fingerprint density at radius 3 is 3.00 bits per heavy atom. The number of hydrogen-bond donors (Lipinski definition) is 2. The van der Waals surface area contributed by atoms with Crippen molar-refractivity contribution in [3.05, 3.63) is 0 Å². The van der Waals surface area contributed by atoms with Crippen molar-refractivity contribution in [1.82, 2.24) is 4.90 Å². The van der Waals surface area contributed by atoms with Crippen molar-refractivity contribution < 1.29 is 19.7 Å². The minimum absolute atomic E-state index is 0.251. The summed E-state index contributed by atoms with van der Waals surface area (Å²) in [6.45, 7) is 5.76. The molecule has 0 radical (unpaired) electrons. The number of aliphatic hydroxyl groups is 1. The van der Waals surface area contributed by atoms with Gasteiger partial charge in [0, 0.05) is 26.1 Å². The summed E-state index contributed by atoms with van der Waals surface area (Å²) in [5, 5.41) is 18.7. The molecule has 0 aromatic rings. The number of carboxylic acids is 1. The molecule has 0 bridgehead atoms. The van der Waals surface area contributed by atoms with Crippen LogP contribution in [0.15, 0.2) is 0 Å². The highest BCUT2D eigenvalue weighted by Gasteiger charge is 2.22. The fraction of sp³-hybridized carbons (Fsp3) is 0.933. The van der Waals surface area contributed by atoms with Crippen LogP contribution in [-0.4, -0.2) is 60.0 Å². The van der Waals surface area contributed by atoms with Crippen molar-refractivity contribution in [2.24, 2.45) is 5.92 Å². The monoisotopic (exact) mass is 287 g/mol. The van der Waals surface area contributed by atoms with Crippen LogP contribution < -0.4 is 0 Å². The summed E-state index contributed by atoms with van der Waals surface area (Å²) in [7, 11) is 0. The highest BCUT2D eigenvalue weighted by Crippen LogP contribution is 2.21. The number of β-amino-alcohol motifs (C(OH)–C–C–N with tert-alkyl or cyclic N) is 1. The summed E-state index contributed by atoms with van der Waals surface area (Å²) in [5.74, 6) is -0.264. The van der Waals surface area contributed by atoms with E-state index in [0.29, 0.717) is 19.1 Å². The molecule has 2 unspecified atom stereocenters. The number of hydrogen-bond acceptors (Lipinski definition) is 4. The van der Waals surface area contributed by atoms with Gasteiger partial charge in [0.15, 0.2) is 0 Å². The van der Waals surface area contributed by atoms with Gasteiger partial charge in [-0.15, -0.1) is 0 Å². The largest absolute Gasteiger partial charge is 0.481 e. The SMILES string of the molecule is CCCCOCC(O)CN1CCCC(CCC(=O)O)C1. The van der Waals surface area contributed by atoms with Crippen LogP contribution in [0, 0.1) is 5.92 Å². The molecule has 0 aromatic heterocycles. The first kappa shape index (κ1) is 17.4. The molecular weight excluding hydrogens is 258 g/mol. The van der Waals surface area contributed by atoms with Crippen molar-refractivity contribution >= 4 is 5.97 Å². The third-order valence-corrected chi connectivity index (χ3v) is 3.79. The molecule has 0 spiro atoms. The predicted molar refractivity (Wildman–Crippen MR) is 77.8 cm³/mol. The van der Waals surface area contributed by atoms with E-state index in [1.165, 1.54) is 0 Å². The van der Waals surface area contributed by atoms with E-state index in [0.717, 1.165) is 51.8 Å². The molecular formula is C15H29NO4. The number of aliphatic hydroxyl groups excluding tert-OH is 1. The number of aliphatic carboxylic acids is 1. The molecule has 2 N–H and O–H groups in total. The maximum Gasteiger partial charge on any atom is 0.303 e. The van der Waals surface area contributed by atoms with Crippen molar-refractivity contribution in [1.29, 1.82) is 0 Å². The maximum atomic E-state index is 10.6. The van der Waals surface area contributed by atoms with Crippen LogP contribution >= 0.6 is 0 Å². The lowest BCUT2D eigenvalue weighted by Gasteiger charge is -2.33. The molecule has 0 aromatic carbocycles. The average molecular weight is 287 g/mol. The van der Waals surface area contributed by atoms with Crippen LogP contribution in [0.1, 0.15) is 45.4 Å². The minimum Gasteiger partial charge on any atom is -0.481 e. The van der Waals surface area contributed by atoms with Gasteiger partial charge >= 0.3 is 5.97 Å². The molecule has 1 aliphatic heterocycles. The molecule has 1 fully saturated rings. The summed E-state index contributed by atoms with van der Waals surface area (Å²) in [4.78, 5) is 12.8. The summed E-state index contributed by atoms with van der Waals surface area (Å²) >= 11 is 0. The van der Waals surface area contributed by atoms with E-state index in [2.05, 4.69) is 11.8 Å². The maximum absolute atomic E-state index is 10.6. The highest BCUT2D eigenvalue weighted by atomic mass is 16.5. The Hall–Kier alpha value is -0.650. The average Bonchev–Trinajstić information content (AvgIpc) is 2.42. The van der Waals surface area contributed by atoms with Crippen molar-refractivity contribution in [2.45, 2.75) is 51.6 Å². The molecule has 5 nitrogen and oxygen atoms in total. The zero-order valence-corrected chi connectivity index (χ0v) is 12.6. The standard InChI is InChI=1S/C15H29NO4/c1-2-3-9-20-12-14(17)11-16-8-4-5-13(10-16)6-7-15(18)19/h13-14,17H,2-12H2,1H3,(H,18,19). The third-order valence-electron chi connectivity index (χ3n) is 3.79. The summed E-state index contributed by atoms with van der Waals surface area (Å²) < 4.78 is 5.43. The van der Waals surface area contributed by atoms with Crippen LogP contribution in [0.4, 0.5) is 0 Å². The Bertz CT molecular complexity index is 273. The predicted octanol–water partition coefficient (Wildman–Crippen LogP) is 1.74. The quantitative estimate of drug-likeness (QED) is 0.599. The lowest BCUT2D eigenvalue weighted by atomic mass is 9.93.